The van der Waals surface area contributed by atoms with E-state index in [1.165, 1.54) is 16.7 Å². The van der Waals surface area contributed by atoms with E-state index in [-0.39, 0.29) is 11.5 Å². The van der Waals surface area contributed by atoms with E-state index in [0.717, 1.165) is 25.0 Å². The zero-order chi connectivity index (χ0) is 14.8. The van der Waals surface area contributed by atoms with Crippen LogP contribution in [0.15, 0.2) is 36.4 Å². The Morgan fingerprint density at radius 2 is 1.86 bits per heavy atom. The maximum absolute atomic E-state index is 9.80. The highest BCUT2D eigenvalue weighted by atomic mass is 16.5. The van der Waals surface area contributed by atoms with E-state index in [2.05, 4.69) is 6.92 Å². The highest BCUT2D eigenvalue weighted by Crippen LogP contribution is 2.37. The Balaban J connectivity index is 1.92. The van der Waals surface area contributed by atoms with Crippen LogP contribution in [0.2, 0.25) is 0 Å². The first kappa shape index (κ1) is 13.8. The molecule has 1 aliphatic rings. The number of phenols is 2. The largest absolute Gasteiger partial charge is 0.508 e. The van der Waals surface area contributed by atoms with Gasteiger partial charge >= 0.3 is 0 Å². The van der Waals surface area contributed by atoms with Crippen LogP contribution < -0.4 is 4.74 Å². The fraction of sp³-hybridized carbons (Fsp3) is 0.333. The second-order valence-electron chi connectivity index (χ2n) is 5.64. The van der Waals surface area contributed by atoms with Gasteiger partial charge in [0.05, 0.1) is 6.61 Å². The molecule has 0 amide bonds. The van der Waals surface area contributed by atoms with Crippen LogP contribution in [0.25, 0.3) is 0 Å². The second kappa shape index (κ2) is 5.68. The van der Waals surface area contributed by atoms with Gasteiger partial charge in [-0.3, -0.25) is 0 Å². The maximum atomic E-state index is 9.80. The highest BCUT2D eigenvalue weighted by Gasteiger charge is 2.24. The topological polar surface area (TPSA) is 49.7 Å². The molecule has 0 bridgehead atoms. The number of ether oxygens (including phenoxy) is 1. The lowest BCUT2D eigenvalue weighted by Gasteiger charge is -2.27. The number of fused-ring (bicyclic) bond motifs is 1. The fourth-order valence-electron chi connectivity index (χ4n) is 3.00. The van der Waals surface area contributed by atoms with Gasteiger partial charge in [-0.25, -0.2) is 0 Å². The van der Waals surface area contributed by atoms with Crippen molar-refractivity contribution >= 4 is 0 Å². The van der Waals surface area contributed by atoms with Crippen LogP contribution in [0, 0.1) is 0 Å². The lowest BCUT2D eigenvalue weighted by atomic mass is 9.87. The number of hydrogen-bond donors (Lipinski definition) is 2. The van der Waals surface area contributed by atoms with Crippen molar-refractivity contribution in [3.63, 3.8) is 0 Å². The van der Waals surface area contributed by atoms with Crippen LogP contribution >= 0.6 is 0 Å². The molecule has 2 aromatic rings. The number of phenolic OH excluding ortho intramolecular Hbond substituents is 2. The third-order valence-corrected chi connectivity index (χ3v) is 4.06. The van der Waals surface area contributed by atoms with Gasteiger partial charge in [0, 0.05) is 12.0 Å². The van der Waals surface area contributed by atoms with Crippen LogP contribution in [-0.2, 0) is 12.8 Å². The van der Waals surface area contributed by atoms with Gasteiger partial charge in [-0.1, -0.05) is 25.5 Å². The van der Waals surface area contributed by atoms with Crippen molar-refractivity contribution in [2.75, 3.05) is 6.61 Å². The summed E-state index contributed by atoms with van der Waals surface area (Å²) in [7, 11) is 0. The normalized spacial score (nSPS) is 17.1. The van der Waals surface area contributed by atoms with Gasteiger partial charge in [0.1, 0.15) is 17.2 Å². The molecular formula is C18H20O3. The summed E-state index contributed by atoms with van der Waals surface area (Å²) in [6.45, 7) is 2.74. The summed E-state index contributed by atoms with van der Waals surface area (Å²) in [5.41, 5.74) is 3.56. The molecule has 0 aliphatic carbocycles. The van der Waals surface area contributed by atoms with E-state index in [1.807, 2.05) is 18.2 Å². The average Bonchev–Trinajstić information content (AvgIpc) is 2.48. The fourth-order valence-corrected chi connectivity index (χ4v) is 3.00. The van der Waals surface area contributed by atoms with Crippen LogP contribution in [0.1, 0.15) is 36.0 Å². The van der Waals surface area contributed by atoms with Crippen molar-refractivity contribution in [1.29, 1.82) is 0 Å². The molecule has 2 aromatic carbocycles. The summed E-state index contributed by atoms with van der Waals surface area (Å²) in [6.07, 6.45) is 2.90. The first-order valence-corrected chi connectivity index (χ1v) is 7.44. The molecule has 21 heavy (non-hydrogen) atoms. The number of benzene rings is 2. The minimum Gasteiger partial charge on any atom is -0.508 e. The lowest BCUT2D eigenvalue weighted by molar-refractivity contribution is 0.260. The number of hydrogen-bond acceptors (Lipinski definition) is 3. The Morgan fingerprint density at radius 3 is 2.57 bits per heavy atom. The SMILES string of the molecule is CCCc1cc(O)cc2c1CC(c1ccc(O)cc1)CO2. The van der Waals surface area contributed by atoms with E-state index >= 15 is 0 Å². The standard InChI is InChI=1S/C18H20O3/c1-2-3-13-8-16(20)10-18-17(13)9-14(11-21-18)12-4-6-15(19)7-5-12/h4-8,10,14,19-20H,2-3,9,11H2,1H3. The van der Waals surface area contributed by atoms with Crippen molar-refractivity contribution in [3.8, 4) is 17.2 Å². The summed E-state index contributed by atoms with van der Waals surface area (Å²) >= 11 is 0. The van der Waals surface area contributed by atoms with E-state index in [4.69, 9.17) is 4.74 Å². The Morgan fingerprint density at radius 1 is 1.10 bits per heavy atom. The minimum atomic E-state index is 0.278. The summed E-state index contributed by atoms with van der Waals surface area (Å²) in [6, 6.07) is 10.9. The van der Waals surface area contributed by atoms with Crippen LogP contribution in [-0.4, -0.2) is 16.8 Å². The van der Waals surface area contributed by atoms with Crippen molar-refractivity contribution in [3.05, 3.63) is 53.1 Å². The van der Waals surface area contributed by atoms with E-state index in [1.54, 1.807) is 18.2 Å². The van der Waals surface area contributed by atoms with E-state index < -0.39 is 0 Å². The molecule has 0 saturated heterocycles. The maximum Gasteiger partial charge on any atom is 0.126 e. The average molecular weight is 284 g/mol. The van der Waals surface area contributed by atoms with Crippen molar-refractivity contribution in [2.45, 2.75) is 32.1 Å². The van der Waals surface area contributed by atoms with Gasteiger partial charge in [-0.2, -0.15) is 0 Å². The molecule has 1 unspecified atom stereocenters. The lowest BCUT2D eigenvalue weighted by Crippen LogP contribution is -2.20. The summed E-state index contributed by atoms with van der Waals surface area (Å²) in [5, 5.41) is 19.2. The zero-order valence-electron chi connectivity index (χ0n) is 12.2. The first-order valence-electron chi connectivity index (χ1n) is 7.44. The summed E-state index contributed by atoms with van der Waals surface area (Å²) in [5.74, 6) is 1.67. The Bertz CT molecular complexity index is 632. The molecule has 0 fully saturated rings. The third kappa shape index (κ3) is 2.82. The third-order valence-electron chi connectivity index (χ3n) is 4.06. The highest BCUT2D eigenvalue weighted by molar-refractivity contribution is 5.48. The van der Waals surface area contributed by atoms with Gasteiger partial charge in [0.2, 0.25) is 0 Å². The van der Waals surface area contributed by atoms with Gasteiger partial charge in [0.25, 0.3) is 0 Å². The quantitative estimate of drug-likeness (QED) is 0.902. The molecule has 110 valence electrons. The Labute approximate surface area is 124 Å². The zero-order valence-corrected chi connectivity index (χ0v) is 12.2. The molecule has 1 atom stereocenters. The molecule has 1 heterocycles. The molecule has 0 radical (unpaired) electrons. The van der Waals surface area contributed by atoms with Crippen molar-refractivity contribution in [2.24, 2.45) is 0 Å². The van der Waals surface area contributed by atoms with Gasteiger partial charge < -0.3 is 14.9 Å². The van der Waals surface area contributed by atoms with Gasteiger partial charge in [-0.15, -0.1) is 0 Å². The van der Waals surface area contributed by atoms with Gasteiger partial charge in [-0.05, 0) is 47.7 Å². The predicted octanol–water partition coefficient (Wildman–Crippen LogP) is 3.77. The molecule has 0 saturated carbocycles. The summed E-state index contributed by atoms with van der Waals surface area (Å²) < 4.78 is 5.87. The van der Waals surface area contributed by atoms with E-state index in [0.29, 0.717) is 12.5 Å². The molecular weight excluding hydrogens is 264 g/mol. The van der Waals surface area contributed by atoms with Crippen LogP contribution in [0.3, 0.4) is 0 Å². The predicted molar refractivity (Wildman–Crippen MR) is 82.1 cm³/mol. The van der Waals surface area contributed by atoms with Crippen LogP contribution in [0.4, 0.5) is 0 Å². The molecule has 2 N–H and O–H groups in total. The molecule has 0 aromatic heterocycles. The molecule has 3 heteroatoms. The van der Waals surface area contributed by atoms with Gasteiger partial charge in [0.15, 0.2) is 0 Å². The molecule has 0 spiro atoms. The van der Waals surface area contributed by atoms with E-state index in [9.17, 15) is 10.2 Å². The van der Waals surface area contributed by atoms with Crippen molar-refractivity contribution < 1.29 is 14.9 Å². The smallest absolute Gasteiger partial charge is 0.126 e. The monoisotopic (exact) mass is 284 g/mol. The Hall–Kier alpha value is -2.16. The number of aryl methyl sites for hydroxylation is 1. The Kier molecular flexibility index (Phi) is 3.74. The van der Waals surface area contributed by atoms with Crippen LogP contribution in [0.5, 0.6) is 17.2 Å². The minimum absolute atomic E-state index is 0.278. The second-order valence-corrected chi connectivity index (χ2v) is 5.64. The molecule has 3 nitrogen and oxygen atoms in total. The molecule has 1 aliphatic heterocycles. The first-order chi connectivity index (χ1) is 10.2. The number of rotatable bonds is 3. The summed E-state index contributed by atoms with van der Waals surface area (Å²) in [4.78, 5) is 0. The molecule has 3 rings (SSSR count). The van der Waals surface area contributed by atoms with Crippen molar-refractivity contribution in [1.82, 2.24) is 0 Å². The number of aromatic hydroxyl groups is 2.